The van der Waals surface area contributed by atoms with Crippen molar-refractivity contribution in [2.45, 2.75) is 20.0 Å². The van der Waals surface area contributed by atoms with Gasteiger partial charge < -0.3 is 14.4 Å². The van der Waals surface area contributed by atoms with Gasteiger partial charge in [0, 0.05) is 22.6 Å². The van der Waals surface area contributed by atoms with Gasteiger partial charge in [0.1, 0.15) is 0 Å². The number of carbonyl (C=O) groups excluding carboxylic acids is 2. The number of hydrazone groups is 1. The Kier molecular flexibility index (Phi) is 6.44. The molecule has 0 aliphatic rings. The van der Waals surface area contributed by atoms with Gasteiger partial charge in [0.25, 0.3) is 5.91 Å². The lowest BCUT2D eigenvalue weighted by molar-refractivity contribution is -0.129. The Labute approximate surface area is 174 Å². The minimum Gasteiger partial charge on any atom is -0.465 e. The zero-order valence-electron chi connectivity index (χ0n) is 17.0. The molecular formula is C23H23N3O4. The van der Waals surface area contributed by atoms with Gasteiger partial charge in [-0.25, -0.2) is 10.2 Å². The average Bonchev–Trinajstić information content (AvgIpc) is 3.06. The SMILES string of the molecule is COC(=O)c1cccc(-n2c(C)cc(/C=N\NC(=O)[C@H](O)c3ccccc3)c2C)c1. The van der Waals surface area contributed by atoms with E-state index < -0.39 is 18.0 Å². The summed E-state index contributed by atoms with van der Waals surface area (Å²) in [5, 5.41) is 14.1. The number of aromatic nitrogens is 1. The van der Waals surface area contributed by atoms with E-state index in [1.807, 2.05) is 36.6 Å². The molecule has 1 heterocycles. The second kappa shape index (κ2) is 9.19. The Morgan fingerprint density at radius 1 is 1.10 bits per heavy atom. The smallest absolute Gasteiger partial charge is 0.337 e. The number of hydrogen-bond acceptors (Lipinski definition) is 5. The van der Waals surface area contributed by atoms with Crippen LogP contribution >= 0.6 is 0 Å². The van der Waals surface area contributed by atoms with Crippen LogP contribution in [0.5, 0.6) is 0 Å². The number of methoxy groups -OCH3 is 1. The molecule has 0 bridgehead atoms. The molecule has 0 spiro atoms. The number of aliphatic hydroxyl groups excluding tert-OH is 1. The van der Waals surface area contributed by atoms with Crippen LogP contribution < -0.4 is 5.43 Å². The summed E-state index contributed by atoms with van der Waals surface area (Å²) in [5.41, 5.74) is 6.75. The highest BCUT2D eigenvalue weighted by molar-refractivity contribution is 5.90. The predicted octanol–water partition coefficient (Wildman–Crippen LogP) is 3.06. The standard InChI is InChI=1S/C23H23N3O4/c1-15-12-19(14-24-25-22(28)21(27)17-8-5-4-6-9-17)16(2)26(15)20-11-7-10-18(13-20)23(29)30-3/h4-14,21,27H,1-3H3,(H,25,28)/b24-14-/t21-/m1/s1. The van der Waals surface area contributed by atoms with Crippen LogP contribution in [0.2, 0.25) is 0 Å². The summed E-state index contributed by atoms with van der Waals surface area (Å²) in [4.78, 5) is 23.9. The lowest BCUT2D eigenvalue weighted by Crippen LogP contribution is -2.25. The maximum Gasteiger partial charge on any atom is 0.337 e. The van der Waals surface area contributed by atoms with Crippen molar-refractivity contribution in [2.24, 2.45) is 5.10 Å². The Hall–Kier alpha value is -3.71. The molecular weight excluding hydrogens is 382 g/mol. The Morgan fingerprint density at radius 3 is 2.53 bits per heavy atom. The van der Waals surface area contributed by atoms with Gasteiger partial charge in [-0.3, -0.25) is 4.79 Å². The van der Waals surface area contributed by atoms with Crippen molar-refractivity contribution in [3.8, 4) is 5.69 Å². The van der Waals surface area contributed by atoms with Crippen molar-refractivity contribution in [3.63, 3.8) is 0 Å². The van der Waals surface area contributed by atoms with Crippen LogP contribution in [0.1, 0.15) is 39.0 Å². The molecule has 0 fully saturated rings. The summed E-state index contributed by atoms with van der Waals surface area (Å²) >= 11 is 0. The van der Waals surface area contributed by atoms with E-state index in [0.29, 0.717) is 11.1 Å². The topological polar surface area (TPSA) is 92.9 Å². The van der Waals surface area contributed by atoms with Crippen molar-refractivity contribution in [1.82, 2.24) is 9.99 Å². The van der Waals surface area contributed by atoms with Crippen LogP contribution in [-0.2, 0) is 9.53 Å². The van der Waals surface area contributed by atoms with Gasteiger partial charge in [-0.05, 0) is 43.7 Å². The first-order chi connectivity index (χ1) is 14.4. The van der Waals surface area contributed by atoms with Crippen LogP contribution in [0.15, 0.2) is 65.8 Å². The number of nitrogens with zero attached hydrogens (tertiary/aromatic N) is 2. The van der Waals surface area contributed by atoms with Crippen LogP contribution in [0.4, 0.5) is 0 Å². The van der Waals surface area contributed by atoms with Crippen molar-refractivity contribution in [3.05, 3.63) is 88.7 Å². The molecule has 1 atom stereocenters. The molecule has 30 heavy (non-hydrogen) atoms. The van der Waals surface area contributed by atoms with E-state index in [2.05, 4.69) is 10.5 Å². The number of rotatable bonds is 6. The molecule has 0 saturated carbocycles. The molecule has 0 aliphatic carbocycles. The van der Waals surface area contributed by atoms with Gasteiger partial charge in [0.2, 0.25) is 0 Å². The fourth-order valence-electron chi connectivity index (χ4n) is 3.22. The fraction of sp³-hybridized carbons (Fsp3) is 0.174. The van der Waals surface area contributed by atoms with E-state index in [1.54, 1.807) is 42.5 Å². The Bertz CT molecular complexity index is 1090. The van der Waals surface area contributed by atoms with Crippen LogP contribution in [0.25, 0.3) is 5.69 Å². The monoisotopic (exact) mass is 405 g/mol. The summed E-state index contributed by atoms with van der Waals surface area (Å²) in [5.74, 6) is -1.02. The van der Waals surface area contributed by atoms with Crippen LogP contribution in [-0.4, -0.2) is 34.9 Å². The molecule has 3 aromatic rings. The van der Waals surface area contributed by atoms with Crippen molar-refractivity contribution >= 4 is 18.1 Å². The van der Waals surface area contributed by atoms with Gasteiger partial charge in [-0.15, -0.1) is 0 Å². The summed E-state index contributed by atoms with van der Waals surface area (Å²) in [6, 6.07) is 17.7. The zero-order chi connectivity index (χ0) is 21.7. The number of amides is 1. The van der Waals surface area contributed by atoms with E-state index >= 15 is 0 Å². The number of carbonyl (C=O) groups is 2. The number of aliphatic hydroxyl groups is 1. The molecule has 154 valence electrons. The number of benzene rings is 2. The number of esters is 1. The van der Waals surface area contributed by atoms with Gasteiger partial charge in [0.05, 0.1) is 18.9 Å². The number of nitrogens with one attached hydrogen (secondary N) is 1. The molecule has 0 unspecified atom stereocenters. The lowest BCUT2D eigenvalue weighted by atomic mass is 10.1. The maximum atomic E-state index is 12.1. The van der Waals surface area contributed by atoms with Crippen molar-refractivity contribution in [1.29, 1.82) is 0 Å². The molecule has 1 amide bonds. The molecule has 7 nitrogen and oxygen atoms in total. The summed E-state index contributed by atoms with van der Waals surface area (Å²) < 4.78 is 6.77. The highest BCUT2D eigenvalue weighted by Gasteiger charge is 2.16. The quantitative estimate of drug-likeness (QED) is 0.374. The molecule has 1 aromatic heterocycles. The minimum atomic E-state index is -1.29. The second-order valence-corrected chi connectivity index (χ2v) is 6.75. The fourth-order valence-corrected chi connectivity index (χ4v) is 3.22. The number of hydrogen-bond donors (Lipinski definition) is 2. The number of ether oxygens (including phenoxy) is 1. The third-order valence-electron chi connectivity index (χ3n) is 4.74. The molecule has 7 heteroatoms. The highest BCUT2D eigenvalue weighted by atomic mass is 16.5. The lowest BCUT2D eigenvalue weighted by Gasteiger charge is -2.11. The molecule has 0 saturated heterocycles. The van der Waals surface area contributed by atoms with E-state index in [-0.39, 0.29) is 0 Å². The summed E-state index contributed by atoms with van der Waals surface area (Å²) in [6.07, 6.45) is 0.232. The second-order valence-electron chi connectivity index (χ2n) is 6.75. The zero-order valence-corrected chi connectivity index (χ0v) is 17.0. The highest BCUT2D eigenvalue weighted by Crippen LogP contribution is 2.21. The first-order valence-corrected chi connectivity index (χ1v) is 9.36. The van der Waals surface area contributed by atoms with Gasteiger partial charge >= 0.3 is 5.97 Å². The first kappa shape index (κ1) is 21.0. The Morgan fingerprint density at radius 2 is 1.83 bits per heavy atom. The van der Waals surface area contributed by atoms with E-state index in [4.69, 9.17) is 4.74 Å². The maximum absolute atomic E-state index is 12.1. The van der Waals surface area contributed by atoms with E-state index in [9.17, 15) is 14.7 Å². The van der Waals surface area contributed by atoms with Crippen LogP contribution in [0.3, 0.4) is 0 Å². The Balaban J connectivity index is 1.77. The summed E-state index contributed by atoms with van der Waals surface area (Å²) in [7, 11) is 1.35. The van der Waals surface area contributed by atoms with Crippen LogP contribution in [0, 0.1) is 13.8 Å². The third kappa shape index (κ3) is 4.47. The normalized spacial score (nSPS) is 12.0. The van der Waals surface area contributed by atoms with E-state index in [1.165, 1.54) is 13.3 Å². The predicted molar refractivity (Wildman–Crippen MR) is 114 cm³/mol. The van der Waals surface area contributed by atoms with Gasteiger partial charge in [-0.1, -0.05) is 36.4 Å². The first-order valence-electron chi connectivity index (χ1n) is 9.36. The van der Waals surface area contributed by atoms with Gasteiger partial charge in [-0.2, -0.15) is 5.10 Å². The minimum absolute atomic E-state index is 0.402. The van der Waals surface area contributed by atoms with Gasteiger partial charge in [0.15, 0.2) is 6.10 Å². The molecule has 2 N–H and O–H groups in total. The largest absolute Gasteiger partial charge is 0.465 e. The van der Waals surface area contributed by atoms with Crippen molar-refractivity contribution in [2.75, 3.05) is 7.11 Å². The molecule has 0 aliphatic heterocycles. The van der Waals surface area contributed by atoms with Crippen molar-refractivity contribution < 1.29 is 19.4 Å². The third-order valence-corrected chi connectivity index (χ3v) is 4.74. The van der Waals surface area contributed by atoms with E-state index in [0.717, 1.165) is 22.6 Å². The molecule has 2 aromatic carbocycles. The molecule has 0 radical (unpaired) electrons. The number of aryl methyl sites for hydroxylation is 1. The average molecular weight is 405 g/mol. The summed E-state index contributed by atoms with van der Waals surface area (Å²) in [6.45, 7) is 3.85. The molecule has 3 rings (SSSR count).